The second kappa shape index (κ2) is 4.18. The van der Waals surface area contributed by atoms with Crippen LogP contribution in [0.4, 0.5) is 5.82 Å². The first kappa shape index (κ1) is 9.92. The number of nitrogens with zero attached hydrogens (tertiary/aromatic N) is 3. The van der Waals surface area contributed by atoms with E-state index in [1.165, 1.54) is 6.33 Å². The third kappa shape index (κ3) is 2.39. The van der Waals surface area contributed by atoms with Crippen LogP contribution in [0.25, 0.3) is 0 Å². The van der Waals surface area contributed by atoms with Gasteiger partial charge in [-0.3, -0.25) is 0 Å². The molecular weight excluding hydrogens is 166 g/mol. The second-order valence-electron chi connectivity index (χ2n) is 3.16. The predicted octanol–water partition coefficient (Wildman–Crippen LogP) is 0.602. The van der Waals surface area contributed by atoms with E-state index in [1.54, 1.807) is 0 Å². The number of aryl methyl sites for hydroxylation is 1. The molecule has 1 heterocycles. The van der Waals surface area contributed by atoms with E-state index in [9.17, 15) is 0 Å². The first-order valence-corrected chi connectivity index (χ1v) is 4.27. The molecule has 72 valence electrons. The van der Waals surface area contributed by atoms with Crippen LogP contribution in [0.2, 0.25) is 0 Å². The zero-order chi connectivity index (χ0) is 9.84. The Morgan fingerprint density at radius 1 is 1.54 bits per heavy atom. The smallest absolute Gasteiger partial charge is 0.132 e. The zero-order valence-corrected chi connectivity index (χ0v) is 8.23. The van der Waals surface area contributed by atoms with Gasteiger partial charge in [-0.1, -0.05) is 0 Å². The maximum Gasteiger partial charge on any atom is 0.132 e. The molecule has 1 aromatic heterocycles. The predicted molar refractivity (Wildman–Crippen MR) is 51.7 cm³/mol. The Hall–Kier alpha value is -1.16. The molecule has 1 rings (SSSR count). The molecule has 4 nitrogen and oxygen atoms in total. The summed E-state index contributed by atoms with van der Waals surface area (Å²) >= 11 is 0. The van der Waals surface area contributed by atoms with Crippen LogP contribution in [0.1, 0.15) is 12.6 Å². The van der Waals surface area contributed by atoms with Gasteiger partial charge in [0.25, 0.3) is 0 Å². The van der Waals surface area contributed by atoms with Gasteiger partial charge in [-0.2, -0.15) is 0 Å². The molecule has 0 spiro atoms. The topological polar surface area (TPSA) is 49.2 Å². The van der Waals surface area contributed by atoms with Crippen LogP contribution >= 0.6 is 0 Å². The number of hydrogen-bond donors (Lipinski definition) is 1. The van der Waals surface area contributed by atoms with Gasteiger partial charge in [-0.25, -0.2) is 9.97 Å². The third-order valence-corrected chi connectivity index (χ3v) is 2.08. The zero-order valence-electron chi connectivity index (χ0n) is 8.23. The standard InChI is InChI=1S/C9H15N3O/c1-7-4-9(11-6-10-7)12(3)8(2)5-13/h4,6,8,13H,5H2,1-3H3. The van der Waals surface area contributed by atoms with Crippen molar-refractivity contribution in [2.45, 2.75) is 19.9 Å². The molecule has 0 aliphatic rings. The number of aliphatic hydroxyl groups is 1. The third-order valence-electron chi connectivity index (χ3n) is 2.08. The van der Waals surface area contributed by atoms with Crippen molar-refractivity contribution >= 4 is 5.82 Å². The first-order valence-electron chi connectivity index (χ1n) is 4.27. The minimum atomic E-state index is 0.0781. The Morgan fingerprint density at radius 2 is 2.23 bits per heavy atom. The van der Waals surface area contributed by atoms with E-state index in [0.29, 0.717) is 0 Å². The summed E-state index contributed by atoms with van der Waals surface area (Å²) in [5, 5.41) is 8.95. The van der Waals surface area contributed by atoms with Gasteiger partial charge in [0, 0.05) is 18.8 Å². The molecule has 1 aromatic rings. The lowest BCUT2D eigenvalue weighted by molar-refractivity contribution is 0.269. The fraction of sp³-hybridized carbons (Fsp3) is 0.556. The summed E-state index contributed by atoms with van der Waals surface area (Å²) in [4.78, 5) is 10.0. The van der Waals surface area contributed by atoms with Crippen molar-refractivity contribution in [3.63, 3.8) is 0 Å². The van der Waals surface area contributed by atoms with E-state index in [-0.39, 0.29) is 12.6 Å². The van der Waals surface area contributed by atoms with Gasteiger partial charge in [0.15, 0.2) is 0 Å². The Morgan fingerprint density at radius 3 is 2.77 bits per heavy atom. The summed E-state index contributed by atoms with van der Waals surface area (Å²) in [5.41, 5.74) is 0.932. The van der Waals surface area contributed by atoms with Crippen molar-refractivity contribution in [3.8, 4) is 0 Å². The minimum absolute atomic E-state index is 0.0781. The van der Waals surface area contributed by atoms with Gasteiger partial charge >= 0.3 is 0 Å². The number of rotatable bonds is 3. The Kier molecular flexibility index (Phi) is 3.19. The maximum absolute atomic E-state index is 8.95. The van der Waals surface area contributed by atoms with Crippen molar-refractivity contribution in [3.05, 3.63) is 18.1 Å². The molecular formula is C9H15N3O. The van der Waals surface area contributed by atoms with Gasteiger partial charge in [0.05, 0.1) is 12.6 Å². The minimum Gasteiger partial charge on any atom is -0.394 e. The van der Waals surface area contributed by atoms with Crippen LogP contribution in [-0.4, -0.2) is 34.8 Å². The molecule has 0 saturated heterocycles. The summed E-state index contributed by atoms with van der Waals surface area (Å²) in [6.45, 7) is 3.99. The molecule has 0 aromatic carbocycles. The number of anilines is 1. The second-order valence-corrected chi connectivity index (χ2v) is 3.16. The highest BCUT2D eigenvalue weighted by Crippen LogP contribution is 2.10. The van der Waals surface area contributed by atoms with Crippen molar-refractivity contribution < 1.29 is 5.11 Å². The van der Waals surface area contributed by atoms with Crippen LogP contribution in [0.5, 0.6) is 0 Å². The van der Waals surface area contributed by atoms with Crippen molar-refractivity contribution in [2.24, 2.45) is 0 Å². The monoisotopic (exact) mass is 181 g/mol. The largest absolute Gasteiger partial charge is 0.394 e. The number of hydrogen-bond acceptors (Lipinski definition) is 4. The lowest BCUT2D eigenvalue weighted by atomic mass is 10.3. The molecule has 0 aliphatic carbocycles. The van der Waals surface area contributed by atoms with Gasteiger partial charge < -0.3 is 10.0 Å². The Balaban J connectivity index is 2.82. The molecule has 0 bridgehead atoms. The fourth-order valence-electron chi connectivity index (χ4n) is 0.982. The first-order chi connectivity index (χ1) is 6.15. The van der Waals surface area contributed by atoms with E-state index in [4.69, 9.17) is 5.11 Å². The molecule has 1 unspecified atom stereocenters. The molecule has 13 heavy (non-hydrogen) atoms. The summed E-state index contributed by atoms with van der Waals surface area (Å²) in [7, 11) is 1.91. The quantitative estimate of drug-likeness (QED) is 0.742. The van der Waals surface area contributed by atoms with Crippen molar-refractivity contribution in [2.75, 3.05) is 18.6 Å². The van der Waals surface area contributed by atoms with E-state index < -0.39 is 0 Å². The van der Waals surface area contributed by atoms with E-state index in [1.807, 2.05) is 31.9 Å². The van der Waals surface area contributed by atoms with Crippen LogP contribution in [-0.2, 0) is 0 Å². The van der Waals surface area contributed by atoms with Crippen LogP contribution < -0.4 is 4.90 Å². The molecule has 0 aliphatic heterocycles. The van der Waals surface area contributed by atoms with E-state index in [2.05, 4.69) is 9.97 Å². The fourth-order valence-corrected chi connectivity index (χ4v) is 0.982. The highest BCUT2D eigenvalue weighted by Gasteiger charge is 2.09. The van der Waals surface area contributed by atoms with Gasteiger partial charge in [-0.05, 0) is 13.8 Å². The summed E-state index contributed by atoms with van der Waals surface area (Å²) in [6, 6.07) is 1.97. The number of likely N-dealkylation sites (N-methyl/N-ethyl adjacent to an activating group) is 1. The van der Waals surface area contributed by atoms with Crippen LogP contribution in [0.3, 0.4) is 0 Å². The molecule has 1 atom stereocenters. The molecule has 0 fully saturated rings. The average Bonchev–Trinajstić information content (AvgIpc) is 2.15. The van der Waals surface area contributed by atoms with Crippen LogP contribution in [0, 0.1) is 6.92 Å². The number of aliphatic hydroxyl groups excluding tert-OH is 1. The molecule has 0 radical (unpaired) electrons. The Labute approximate surface area is 78.2 Å². The van der Waals surface area contributed by atoms with Crippen LogP contribution in [0.15, 0.2) is 12.4 Å². The molecule has 0 saturated carbocycles. The summed E-state index contributed by atoms with van der Waals surface area (Å²) in [6.07, 6.45) is 1.53. The van der Waals surface area contributed by atoms with Gasteiger partial charge in [-0.15, -0.1) is 0 Å². The van der Waals surface area contributed by atoms with Crippen molar-refractivity contribution in [1.82, 2.24) is 9.97 Å². The highest BCUT2D eigenvalue weighted by atomic mass is 16.3. The number of aromatic nitrogens is 2. The lowest BCUT2D eigenvalue weighted by Crippen LogP contribution is -2.32. The summed E-state index contributed by atoms with van der Waals surface area (Å²) in [5.74, 6) is 0.842. The summed E-state index contributed by atoms with van der Waals surface area (Å²) < 4.78 is 0. The SMILES string of the molecule is Cc1cc(N(C)C(C)CO)ncn1. The molecule has 0 amide bonds. The van der Waals surface area contributed by atoms with Crippen molar-refractivity contribution in [1.29, 1.82) is 0 Å². The highest BCUT2D eigenvalue weighted by molar-refractivity contribution is 5.38. The molecule has 4 heteroatoms. The lowest BCUT2D eigenvalue weighted by Gasteiger charge is -2.23. The molecule has 1 N–H and O–H groups in total. The Bertz CT molecular complexity index is 277. The van der Waals surface area contributed by atoms with Gasteiger partial charge in [0.2, 0.25) is 0 Å². The van der Waals surface area contributed by atoms with Gasteiger partial charge in [0.1, 0.15) is 12.1 Å². The average molecular weight is 181 g/mol. The normalized spacial score (nSPS) is 12.6. The van der Waals surface area contributed by atoms with E-state index >= 15 is 0 Å². The van der Waals surface area contributed by atoms with E-state index in [0.717, 1.165) is 11.5 Å². The maximum atomic E-state index is 8.95.